The van der Waals surface area contributed by atoms with Crippen LogP contribution in [-0.4, -0.2) is 80.8 Å². The fourth-order valence-electron chi connectivity index (χ4n) is 4.07. The van der Waals surface area contributed by atoms with Gasteiger partial charge in [-0.25, -0.2) is 0 Å². The maximum absolute atomic E-state index is 12.6. The lowest BCUT2D eigenvalue weighted by Crippen LogP contribution is -2.48. The molecule has 2 aliphatic heterocycles. The van der Waals surface area contributed by atoms with E-state index < -0.39 is 0 Å². The maximum Gasteiger partial charge on any atom is 0.223 e. The van der Waals surface area contributed by atoms with Gasteiger partial charge in [-0.3, -0.25) is 9.69 Å². The Hall–Kier alpha value is -1.05. The van der Waals surface area contributed by atoms with Crippen LogP contribution in [0.15, 0.2) is 24.3 Å². The number of hydrogen-bond donors (Lipinski definition) is 1. The van der Waals surface area contributed by atoms with Gasteiger partial charge in [0.25, 0.3) is 0 Å². The molecule has 0 atom stereocenters. The van der Waals surface area contributed by atoms with Gasteiger partial charge in [0.05, 0.1) is 6.10 Å². The number of rotatable bonds is 8. The number of benzene rings is 1. The number of nitrogens with two attached hydrogens (primary N) is 1. The van der Waals surface area contributed by atoms with Crippen molar-refractivity contribution in [3.8, 4) is 0 Å². The smallest absolute Gasteiger partial charge is 0.223 e. The zero-order chi connectivity index (χ0) is 19.8. The second-order valence-electron chi connectivity index (χ2n) is 8.01. The number of piperazine rings is 1. The molecule has 1 amide bonds. The second-order valence-corrected chi connectivity index (χ2v) is 8.01. The quantitative estimate of drug-likeness (QED) is 0.604. The molecule has 0 radical (unpaired) electrons. The highest BCUT2D eigenvalue weighted by Crippen LogP contribution is 2.18. The van der Waals surface area contributed by atoms with Crippen LogP contribution in [0.1, 0.15) is 31.2 Å². The van der Waals surface area contributed by atoms with E-state index in [9.17, 15) is 4.79 Å². The van der Waals surface area contributed by atoms with Crippen LogP contribution in [0.25, 0.3) is 0 Å². The summed E-state index contributed by atoms with van der Waals surface area (Å²) in [4.78, 5) is 19.5. The van der Waals surface area contributed by atoms with Crippen LogP contribution in [0, 0.1) is 6.92 Å². The van der Waals surface area contributed by atoms with Crippen molar-refractivity contribution >= 4 is 36.4 Å². The largest absolute Gasteiger partial charge is 0.378 e. The summed E-state index contributed by atoms with van der Waals surface area (Å²) in [5.74, 6) is 0.293. The summed E-state index contributed by atoms with van der Waals surface area (Å²) >= 11 is 0. The molecular weight excluding hydrogens is 423 g/mol. The van der Waals surface area contributed by atoms with E-state index in [1.54, 1.807) is 0 Å². The van der Waals surface area contributed by atoms with Gasteiger partial charge in [-0.1, -0.05) is 12.1 Å². The van der Waals surface area contributed by atoms with Crippen molar-refractivity contribution in [3.05, 3.63) is 29.8 Å². The first-order valence-electron chi connectivity index (χ1n) is 10.8. The third-order valence-corrected chi connectivity index (χ3v) is 5.88. The van der Waals surface area contributed by atoms with Gasteiger partial charge in [-0.15, -0.1) is 24.8 Å². The van der Waals surface area contributed by atoms with Crippen LogP contribution in [-0.2, 0) is 9.53 Å². The molecule has 30 heavy (non-hydrogen) atoms. The molecule has 1 aromatic carbocycles. The summed E-state index contributed by atoms with van der Waals surface area (Å²) in [6.07, 6.45) is 3.74. The summed E-state index contributed by atoms with van der Waals surface area (Å²) in [6, 6.07) is 8.71. The summed E-state index contributed by atoms with van der Waals surface area (Å²) in [5, 5.41) is 0. The molecule has 6 nitrogen and oxygen atoms in total. The van der Waals surface area contributed by atoms with E-state index in [1.165, 1.54) is 11.3 Å². The summed E-state index contributed by atoms with van der Waals surface area (Å²) in [7, 11) is 0. The normalized spacial score (nSPS) is 17.9. The molecule has 2 saturated heterocycles. The van der Waals surface area contributed by atoms with Crippen molar-refractivity contribution in [1.82, 2.24) is 9.80 Å². The summed E-state index contributed by atoms with van der Waals surface area (Å²) in [5.41, 5.74) is 8.12. The lowest BCUT2D eigenvalue weighted by molar-refractivity contribution is -0.134. The first kappa shape index (κ1) is 27.0. The third-order valence-electron chi connectivity index (χ3n) is 5.88. The molecule has 0 aromatic heterocycles. The molecule has 0 bridgehead atoms. The number of carbonyl (C=O) groups excluding carboxylic acids is 1. The molecule has 3 rings (SSSR count). The number of piperidine rings is 1. The van der Waals surface area contributed by atoms with Gasteiger partial charge in [0, 0.05) is 64.5 Å². The topological polar surface area (TPSA) is 62.0 Å². The predicted molar refractivity (Wildman–Crippen MR) is 128 cm³/mol. The van der Waals surface area contributed by atoms with Crippen molar-refractivity contribution in [1.29, 1.82) is 0 Å². The van der Waals surface area contributed by atoms with E-state index >= 15 is 0 Å². The van der Waals surface area contributed by atoms with Crippen LogP contribution in [0.4, 0.5) is 5.69 Å². The van der Waals surface area contributed by atoms with Crippen LogP contribution < -0.4 is 10.6 Å². The predicted octanol–water partition coefficient (Wildman–Crippen LogP) is 2.71. The van der Waals surface area contributed by atoms with Crippen molar-refractivity contribution in [3.63, 3.8) is 0 Å². The summed E-state index contributed by atoms with van der Waals surface area (Å²) < 4.78 is 5.83. The fraction of sp³-hybridized carbons (Fsp3) is 0.682. The van der Waals surface area contributed by atoms with Gasteiger partial charge in [-0.05, 0) is 50.4 Å². The molecule has 0 unspecified atom stereocenters. The number of nitrogens with zero attached hydrogens (tertiary/aromatic N) is 3. The number of carbonyl (C=O) groups is 1. The molecule has 0 spiro atoms. The number of anilines is 1. The molecule has 1 aromatic rings. The van der Waals surface area contributed by atoms with Crippen LogP contribution in [0.2, 0.25) is 0 Å². The van der Waals surface area contributed by atoms with E-state index in [1.807, 2.05) is 4.90 Å². The van der Waals surface area contributed by atoms with Gasteiger partial charge in [0.1, 0.15) is 0 Å². The second kappa shape index (κ2) is 14.1. The van der Waals surface area contributed by atoms with Crippen LogP contribution >= 0.6 is 24.8 Å². The van der Waals surface area contributed by atoms with E-state index in [0.29, 0.717) is 25.0 Å². The van der Waals surface area contributed by atoms with Crippen LogP contribution in [0.3, 0.4) is 0 Å². The highest BCUT2D eigenvalue weighted by molar-refractivity contribution is 5.85. The lowest BCUT2D eigenvalue weighted by Gasteiger charge is -2.37. The Morgan fingerprint density at radius 3 is 2.43 bits per heavy atom. The van der Waals surface area contributed by atoms with Gasteiger partial charge < -0.3 is 20.3 Å². The van der Waals surface area contributed by atoms with Gasteiger partial charge >= 0.3 is 0 Å². The number of ether oxygens (including phenoxy) is 1. The number of halogens is 2. The van der Waals surface area contributed by atoms with Crippen molar-refractivity contribution in [2.24, 2.45) is 5.73 Å². The molecule has 0 saturated carbocycles. The molecule has 2 N–H and O–H groups in total. The first-order chi connectivity index (χ1) is 13.7. The third kappa shape index (κ3) is 8.23. The number of hydrogen-bond acceptors (Lipinski definition) is 5. The Bertz CT molecular complexity index is 619. The molecule has 172 valence electrons. The maximum atomic E-state index is 12.6. The minimum atomic E-state index is 0. The molecule has 2 heterocycles. The standard InChI is InChI=1S/C22H36N4O2.2ClH/c1-19-4-2-5-20(18-19)25-15-13-24(14-16-25)10-8-22(27)26-11-6-21(7-12-26)28-17-3-9-23;;/h2,4-5,18,21H,3,6-17,23H2,1H3;2*1H. The van der Waals surface area contributed by atoms with E-state index in [2.05, 4.69) is 41.0 Å². The van der Waals surface area contributed by atoms with E-state index in [4.69, 9.17) is 10.5 Å². The Morgan fingerprint density at radius 1 is 1.10 bits per heavy atom. The van der Waals surface area contributed by atoms with Gasteiger partial charge in [0.2, 0.25) is 5.91 Å². The number of likely N-dealkylation sites (tertiary alicyclic amines) is 1. The monoisotopic (exact) mass is 460 g/mol. The highest BCUT2D eigenvalue weighted by atomic mass is 35.5. The van der Waals surface area contributed by atoms with Crippen molar-refractivity contribution in [2.45, 2.75) is 38.7 Å². The molecule has 8 heteroatoms. The summed E-state index contributed by atoms with van der Waals surface area (Å²) in [6.45, 7) is 10.2. The molecule has 2 aliphatic rings. The Balaban J connectivity index is 0.00000225. The molecule has 2 fully saturated rings. The van der Waals surface area contributed by atoms with Crippen molar-refractivity contribution < 1.29 is 9.53 Å². The minimum Gasteiger partial charge on any atom is -0.378 e. The van der Waals surface area contributed by atoms with E-state index in [0.717, 1.165) is 71.7 Å². The Morgan fingerprint density at radius 2 is 1.80 bits per heavy atom. The van der Waals surface area contributed by atoms with Gasteiger partial charge in [-0.2, -0.15) is 0 Å². The van der Waals surface area contributed by atoms with Crippen LogP contribution in [0.5, 0.6) is 0 Å². The zero-order valence-corrected chi connectivity index (χ0v) is 19.8. The Labute approximate surface area is 193 Å². The number of amides is 1. The average molecular weight is 461 g/mol. The molecule has 0 aliphatic carbocycles. The SMILES string of the molecule is Cc1cccc(N2CCN(CCC(=O)N3CCC(OCCCN)CC3)CC2)c1.Cl.Cl. The first-order valence-corrected chi connectivity index (χ1v) is 10.8. The van der Waals surface area contributed by atoms with E-state index in [-0.39, 0.29) is 24.8 Å². The molecular formula is C22H38Cl2N4O2. The van der Waals surface area contributed by atoms with Crippen molar-refractivity contribution in [2.75, 3.05) is 63.9 Å². The lowest BCUT2D eigenvalue weighted by atomic mass is 10.1. The van der Waals surface area contributed by atoms with Gasteiger partial charge in [0.15, 0.2) is 0 Å². The minimum absolute atomic E-state index is 0. The fourth-order valence-corrected chi connectivity index (χ4v) is 4.07. The average Bonchev–Trinajstić information content (AvgIpc) is 2.73. The number of aryl methyl sites for hydroxylation is 1. The zero-order valence-electron chi connectivity index (χ0n) is 18.1. The Kier molecular flexibility index (Phi) is 12.7. The highest BCUT2D eigenvalue weighted by Gasteiger charge is 2.24.